The molecule has 0 aliphatic carbocycles. The molecule has 0 amide bonds. The Morgan fingerprint density at radius 3 is 2.44 bits per heavy atom. The lowest BCUT2D eigenvalue weighted by Crippen LogP contribution is -2.35. The van der Waals surface area contributed by atoms with Gasteiger partial charge in [0.05, 0.1) is 0 Å². The number of nitrogens with zero attached hydrogens (tertiary/aromatic N) is 1. The van der Waals surface area contributed by atoms with Crippen LogP contribution in [0, 0.1) is 5.82 Å². The molecule has 0 bridgehead atoms. The summed E-state index contributed by atoms with van der Waals surface area (Å²) in [6, 6.07) is 5.27. The molecule has 90 valence electrons. The second-order valence-electron chi connectivity index (χ2n) is 3.71. The van der Waals surface area contributed by atoms with E-state index in [1.165, 1.54) is 29.6 Å². The molecule has 1 unspecified atom stereocenters. The Morgan fingerprint density at radius 1 is 1.38 bits per heavy atom. The lowest BCUT2D eigenvalue weighted by molar-refractivity contribution is 0.378. The van der Waals surface area contributed by atoms with Gasteiger partial charge in [-0.15, -0.1) is 0 Å². The van der Waals surface area contributed by atoms with Crippen LogP contribution in [0.2, 0.25) is 0 Å². The molecule has 1 aromatic rings. The summed E-state index contributed by atoms with van der Waals surface area (Å²) in [5, 5.41) is 0. The standard InChI is InChI=1S/C11H16FNO2S/c1-4-9(2)13(3)16(14,15)11-8-6-5-7-10(11)12/h5-9H,4H2,1-3H3. The Balaban J connectivity index is 3.17. The van der Waals surface area contributed by atoms with Crippen molar-refractivity contribution in [1.29, 1.82) is 0 Å². The van der Waals surface area contributed by atoms with Crippen molar-refractivity contribution in [3.63, 3.8) is 0 Å². The fourth-order valence-corrected chi connectivity index (χ4v) is 2.80. The van der Waals surface area contributed by atoms with Crippen molar-refractivity contribution in [2.75, 3.05) is 7.05 Å². The Hall–Kier alpha value is -0.940. The smallest absolute Gasteiger partial charge is 0.207 e. The van der Waals surface area contributed by atoms with Crippen LogP contribution < -0.4 is 0 Å². The van der Waals surface area contributed by atoms with Crippen LogP contribution in [-0.2, 0) is 10.0 Å². The lowest BCUT2D eigenvalue weighted by Gasteiger charge is -2.23. The summed E-state index contributed by atoms with van der Waals surface area (Å²) in [5.41, 5.74) is 0. The fourth-order valence-electron chi connectivity index (χ4n) is 1.30. The molecule has 0 N–H and O–H groups in total. The SMILES string of the molecule is CCC(C)N(C)S(=O)(=O)c1ccccc1F. The Kier molecular flexibility index (Phi) is 4.04. The van der Waals surface area contributed by atoms with Gasteiger partial charge < -0.3 is 0 Å². The van der Waals surface area contributed by atoms with Gasteiger partial charge in [-0.25, -0.2) is 12.8 Å². The van der Waals surface area contributed by atoms with E-state index in [1.807, 2.05) is 6.92 Å². The molecular weight excluding hydrogens is 229 g/mol. The Labute approximate surface area is 95.9 Å². The van der Waals surface area contributed by atoms with Crippen molar-refractivity contribution in [2.45, 2.75) is 31.2 Å². The summed E-state index contributed by atoms with van der Waals surface area (Å²) < 4.78 is 38.7. The highest BCUT2D eigenvalue weighted by Crippen LogP contribution is 2.20. The lowest BCUT2D eigenvalue weighted by atomic mass is 10.3. The second-order valence-corrected chi connectivity index (χ2v) is 5.67. The van der Waals surface area contributed by atoms with E-state index in [9.17, 15) is 12.8 Å². The first kappa shape index (κ1) is 13.1. The third-order valence-electron chi connectivity index (χ3n) is 2.71. The summed E-state index contributed by atoms with van der Waals surface area (Å²) >= 11 is 0. The van der Waals surface area contributed by atoms with Crippen LogP contribution in [-0.4, -0.2) is 25.8 Å². The van der Waals surface area contributed by atoms with E-state index in [1.54, 1.807) is 6.92 Å². The third kappa shape index (κ3) is 2.41. The van der Waals surface area contributed by atoms with Crippen LogP contribution in [0.3, 0.4) is 0 Å². The molecular formula is C11H16FNO2S. The largest absolute Gasteiger partial charge is 0.245 e. The third-order valence-corrected chi connectivity index (χ3v) is 4.71. The molecule has 0 radical (unpaired) electrons. The van der Waals surface area contributed by atoms with Gasteiger partial charge in [0, 0.05) is 13.1 Å². The van der Waals surface area contributed by atoms with Crippen molar-refractivity contribution in [1.82, 2.24) is 4.31 Å². The molecule has 5 heteroatoms. The van der Waals surface area contributed by atoms with Crippen LogP contribution >= 0.6 is 0 Å². The zero-order valence-electron chi connectivity index (χ0n) is 9.64. The second kappa shape index (κ2) is 4.93. The monoisotopic (exact) mass is 245 g/mol. The van der Waals surface area contributed by atoms with Crippen molar-refractivity contribution in [2.24, 2.45) is 0 Å². The van der Waals surface area contributed by atoms with Gasteiger partial charge in [-0.3, -0.25) is 0 Å². The van der Waals surface area contributed by atoms with Crippen molar-refractivity contribution in [3.05, 3.63) is 30.1 Å². The fraction of sp³-hybridized carbons (Fsp3) is 0.455. The molecule has 0 spiro atoms. The van der Waals surface area contributed by atoms with Crippen LogP contribution in [0.25, 0.3) is 0 Å². The number of sulfonamides is 1. The van der Waals surface area contributed by atoms with Gasteiger partial charge in [0.25, 0.3) is 0 Å². The normalized spacial score (nSPS) is 14.1. The predicted octanol–water partition coefficient (Wildman–Crippen LogP) is 2.24. The van der Waals surface area contributed by atoms with E-state index in [2.05, 4.69) is 0 Å². The Bertz CT molecular complexity index is 459. The molecule has 1 aromatic carbocycles. The molecule has 0 saturated heterocycles. The maximum absolute atomic E-state index is 13.4. The number of hydrogen-bond donors (Lipinski definition) is 0. The molecule has 0 aliphatic rings. The summed E-state index contributed by atoms with van der Waals surface area (Å²) in [5.74, 6) is -0.711. The number of benzene rings is 1. The first-order chi connectivity index (χ1) is 7.41. The zero-order chi connectivity index (χ0) is 12.3. The molecule has 1 rings (SSSR count). The van der Waals surface area contributed by atoms with Gasteiger partial charge in [-0.1, -0.05) is 19.1 Å². The Morgan fingerprint density at radius 2 is 1.94 bits per heavy atom. The molecule has 0 aromatic heterocycles. The van der Waals surface area contributed by atoms with E-state index in [0.29, 0.717) is 6.42 Å². The van der Waals surface area contributed by atoms with Crippen molar-refractivity contribution in [3.8, 4) is 0 Å². The summed E-state index contributed by atoms with van der Waals surface area (Å²) in [4.78, 5) is -0.266. The molecule has 3 nitrogen and oxygen atoms in total. The average Bonchev–Trinajstić information content (AvgIpc) is 2.27. The average molecular weight is 245 g/mol. The topological polar surface area (TPSA) is 37.4 Å². The number of rotatable bonds is 4. The van der Waals surface area contributed by atoms with Gasteiger partial charge in [-0.05, 0) is 25.5 Å². The molecule has 1 atom stereocenters. The maximum Gasteiger partial charge on any atom is 0.245 e. The van der Waals surface area contributed by atoms with Gasteiger partial charge in [-0.2, -0.15) is 4.31 Å². The van der Waals surface area contributed by atoms with Gasteiger partial charge in [0.1, 0.15) is 10.7 Å². The first-order valence-electron chi connectivity index (χ1n) is 5.13. The van der Waals surface area contributed by atoms with Crippen LogP contribution in [0.15, 0.2) is 29.2 Å². The van der Waals surface area contributed by atoms with Crippen LogP contribution in [0.5, 0.6) is 0 Å². The van der Waals surface area contributed by atoms with Crippen molar-refractivity contribution < 1.29 is 12.8 Å². The summed E-state index contributed by atoms with van der Waals surface area (Å²) in [6.07, 6.45) is 0.685. The van der Waals surface area contributed by atoms with E-state index < -0.39 is 15.8 Å². The quantitative estimate of drug-likeness (QED) is 0.816. The maximum atomic E-state index is 13.4. The number of hydrogen-bond acceptors (Lipinski definition) is 2. The van der Waals surface area contributed by atoms with Gasteiger partial charge in [0.15, 0.2) is 0 Å². The van der Waals surface area contributed by atoms with Gasteiger partial charge >= 0.3 is 0 Å². The molecule has 0 fully saturated rings. The van der Waals surface area contributed by atoms with E-state index in [4.69, 9.17) is 0 Å². The van der Waals surface area contributed by atoms with E-state index >= 15 is 0 Å². The predicted molar refractivity (Wildman–Crippen MR) is 61.1 cm³/mol. The highest BCUT2D eigenvalue weighted by Gasteiger charge is 2.26. The zero-order valence-corrected chi connectivity index (χ0v) is 10.5. The highest BCUT2D eigenvalue weighted by atomic mass is 32.2. The summed E-state index contributed by atoms with van der Waals surface area (Å²) in [6.45, 7) is 3.68. The first-order valence-corrected chi connectivity index (χ1v) is 6.57. The molecule has 0 aliphatic heterocycles. The van der Waals surface area contributed by atoms with Crippen LogP contribution in [0.4, 0.5) is 4.39 Å². The minimum atomic E-state index is -3.72. The molecule has 0 saturated carbocycles. The summed E-state index contributed by atoms with van der Waals surface area (Å²) in [7, 11) is -2.25. The minimum absolute atomic E-state index is 0.149. The van der Waals surface area contributed by atoms with E-state index in [0.717, 1.165) is 6.07 Å². The van der Waals surface area contributed by atoms with E-state index in [-0.39, 0.29) is 10.9 Å². The number of halogens is 1. The molecule has 0 heterocycles. The minimum Gasteiger partial charge on any atom is -0.207 e. The van der Waals surface area contributed by atoms with Gasteiger partial charge in [0.2, 0.25) is 10.0 Å². The molecule has 16 heavy (non-hydrogen) atoms. The van der Waals surface area contributed by atoms with Crippen molar-refractivity contribution >= 4 is 10.0 Å². The van der Waals surface area contributed by atoms with Crippen LogP contribution in [0.1, 0.15) is 20.3 Å². The highest BCUT2D eigenvalue weighted by molar-refractivity contribution is 7.89.